The molecular formula is C32H30F2N8O4. The summed E-state index contributed by atoms with van der Waals surface area (Å²) in [5.41, 5.74) is 3.24. The summed E-state index contributed by atoms with van der Waals surface area (Å²) < 4.78 is 42.0. The van der Waals surface area contributed by atoms with Crippen molar-refractivity contribution in [3.8, 4) is 22.6 Å². The summed E-state index contributed by atoms with van der Waals surface area (Å²) >= 11 is 0. The number of hydrogen-bond acceptors (Lipinski definition) is 8. The van der Waals surface area contributed by atoms with Gasteiger partial charge in [0.15, 0.2) is 11.5 Å². The van der Waals surface area contributed by atoms with Crippen LogP contribution in [0.2, 0.25) is 0 Å². The maximum atomic E-state index is 13.8. The van der Waals surface area contributed by atoms with Crippen LogP contribution >= 0.6 is 0 Å². The second kappa shape index (κ2) is 12.6. The molecule has 0 atom stereocenters. The number of benzene rings is 1. The van der Waals surface area contributed by atoms with Crippen LogP contribution in [0.15, 0.2) is 67.3 Å². The molecule has 12 nitrogen and oxygen atoms in total. The number of fused-ring (bicyclic) bond motifs is 1. The lowest BCUT2D eigenvalue weighted by Gasteiger charge is -2.34. The van der Waals surface area contributed by atoms with Gasteiger partial charge in [-0.2, -0.15) is 9.49 Å². The highest BCUT2D eigenvalue weighted by Gasteiger charge is 2.30. The standard InChI is InChI=1S/C32H30F2N8O4/c33-22-3-1-20(2-4-22)29-30(41(19-36-29)23-8-13-40(14-9-23)32(44)46-24-10-15-45-16-11-24)25-5-6-28-37-27(18-42(28)39-25)38-31(43)21-7-12-35-26(34)17-21/h1-7,12,17-19,23-24H,8-11,13-16H2,(H,38,43). The van der Waals surface area contributed by atoms with Gasteiger partial charge in [0.25, 0.3) is 5.91 Å². The number of ether oxygens (including phenoxy) is 2. The van der Waals surface area contributed by atoms with Crippen molar-refractivity contribution in [3.05, 3.63) is 84.6 Å². The molecule has 2 fully saturated rings. The topological polar surface area (TPSA) is 129 Å². The summed E-state index contributed by atoms with van der Waals surface area (Å²) in [7, 11) is 0. The quantitative estimate of drug-likeness (QED) is 0.256. The zero-order valence-corrected chi connectivity index (χ0v) is 24.7. The highest BCUT2D eigenvalue weighted by Crippen LogP contribution is 2.35. The third-order valence-electron chi connectivity index (χ3n) is 8.26. The maximum absolute atomic E-state index is 13.8. The van der Waals surface area contributed by atoms with Gasteiger partial charge in [0.05, 0.1) is 37.1 Å². The van der Waals surface area contributed by atoms with Crippen LogP contribution in [-0.2, 0) is 9.47 Å². The minimum Gasteiger partial charge on any atom is -0.446 e. The predicted molar refractivity (Wildman–Crippen MR) is 162 cm³/mol. The van der Waals surface area contributed by atoms with Gasteiger partial charge in [-0.05, 0) is 55.3 Å². The fraction of sp³-hybridized carbons (Fsp3) is 0.312. The van der Waals surface area contributed by atoms with E-state index in [2.05, 4.69) is 19.9 Å². The number of nitrogens with zero attached hydrogens (tertiary/aromatic N) is 7. The van der Waals surface area contributed by atoms with Gasteiger partial charge in [-0.3, -0.25) is 4.79 Å². The van der Waals surface area contributed by atoms with E-state index in [-0.39, 0.29) is 35.4 Å². The van der Waals surface area contributed by atoms with E-state index in [9.17, 15) is 18.4 Å². The summed E-state index contributed by atoms with van der Waals surface area (Å²) in [6, 6.07) is 12.2. The molecule has 2 saturated heterocycles. The number of imidazole rings is 2. The molecule has 0 aliphatic carbocycles. The largest absolute Gasteiger partial charge is 0.446 e. The van der Waals surface area contributed by atoms with Crippen molar-refractivity contribution in [3.63, 3.8) is 0 Å². The first-order valence-electron chi connectivity index (χ1n) is 15.1. The monoisotopic (exact) mass is 628 g/mol. The molecule has 5 aromatic rings. The summed E-state index contributed by atoms with van der Waals surface area (Å²) in [5.74, 6) is -1.42. The van der Waals surface area contributed by atoms with Gasteiger partial charge >= 0.3 is 6.09 Å². The number of rotatable bonds is 6. The number of amides is 2. The van der Waals surface area contributed by atoms with Gasteiger partial charge in [0.1, 0.15) is 17.6 Å². The Bertz CT molecular complexity index is 1880. The van der Waals surface area contributed by atoms with E-state index < -0.39 is 11.9 Å². The zero-order chi connectivity index (χ0) is 31.6. The van der Waals surface area contributed by atoms with Crippen molar-refractivity contribution >= 4 is 23.5 Å². The number of anilines is 1. The van der Waals surface area contributed by atoms with Crippen LogP contribution in [-0.4, -0.2) is 78.4 Å². The van der Waals surface area contributed by atoms with Gasteiger partial charge in [-0.25, -0.2) is 28.7 Å². The zero-order valence-electron chi connectivity index (χ0n) is 24.7. The first-order valence-corrected chi connectivity index (χ1v) is 15.1. The lowest BCUT2D eigenvalue weighted by atomic mass is 10.0. The molecule has 0 bridgehead atoms. The second-order valence-electron chi connectivity index (χ2n) is 11.2. The highest BCUT2D eigenvalue weighted by molar-refractivity contribution is 6.03. The van der Waals surface area contributed by atoms with Crippen molar-refractivity contribution in [1.82, 2.24) is 34.0 Å². The Kier molecular flexibility index (Phi) is 8.09. The Morgan fingerprint density at radius 1 is 0.957 bits per heavy atom. The van der Waals surface area contributed by atoms with Crippen LogP contribution in [0.3, 0.4) is 0 Å². The normalized spacial score (nSPS) is 16.1. The Morgan fingerprint density at radius 3 is 2.50 bits per heavy atom. The minimum atomic E-state index is -0.761. The molecule has 0 unspecified atom stereocenters. The summed E-state index contributed by atoms with van der Waals surface area (Å²) in [6.07, 6.45) is 6.89. The molecule has 2 amide bonds. The van der Waals surface area contributed by atoms with E-state index in [1.165, 1.54) is 24.4 Å². The van der Waals surface area contributed by atoms with Gasteiger partial charge in [-0.15, -0.1) is 0 Å². The number of pyridine rings is 1. The first kappa shape index (κ1) is 29.5. The molecule has 6 heterocycles. The fourth-order valence-corrected chi connectivity index (χ4v) is 5.85. The van der Waals surface area contributed by atoms with E-state index in [0.29, 0.717) is 69.0 Å². The molecule has 14 heteroatoms. The molecule has 0 spiro atoms. The highest BCUT2D eigenvalue weighted by atomic mass is 19.1. The second-order valence-corrected chi connectivity index (χ2v) is 11.2. The molecular weight excluding hydrogens is 598 g/mol. The smallest absolute Gasteiger partial charge is 0.410 e. The third-order valence-corrected chi connectivity index (χ3v) is 8.26. The van der Waals surface area contributed by atoms with Crippen molar-refractivity contribution in [1.29, 1.82) is 0 Å². The van der Waals surface area contributed by atoms with E-state index >= 15 is 0 Å². The number of likely N-dealkylation sites (tertiary alicyclic amines) is 1. The maximum Gasteiger partial charge on any atom is 0.410 e. The van der Waals surface area contributed by atoms with E-state index in [4.69, 9.17) is 19.6 Å². The van der Waals surface area contributed by atoms with E-state index in [1.54, 1.807) is 40.1 Å². The Labute approximate surface area is 262 Å². The lowest BCUT2D eigenvalue weighted by Crippen LogP contribution is -2.41. The van der Waals surface area contributed by atoms with E-state index in [0.717, 1.165) is 17.3 Å². The molecule has 4 aromatic heterocycles. The number of nitrogens with one attached hydrogen (secondary N) is 1. The molecule has 46 heavy (non-hydrogen) atoms. The Morgan fingerprint density at radius 2 is 1.74 bits per heavy atom. The summed E-state index contributed by atoms with van der Waals surface area (Å²) in [4.78, 5) is 39.9. The molecule has 236 valence electrons. The third kappa shape index (κ3) is 6.15. The molecule has 0 saturated carbocycles. The Hall–Kier alpha value is -5.24. The van der Waals surface area contributed by atoms with Gasteiger partial charge < -0.3 is 24.3 Å². The number of carbonyl (C=O) groups is 2. The molecule has 0 radical (unpaired) electrons. The number of aromatic nitrogens is 6. The predicted octanol–water partition coefficient (Wildman–Crippen LogP) is 5.14. The van der Waals surface area contributed by atoms with Gasteiger partial charge in [-0.1, -0.05) is 0 Å². The van der Waals surface area contributed by atoms with Crippen LogP contribution < -0.4 is 5.32 Å². The molecule has 1 N–H and O–H groups in total. The molecule has 2 aliphatic rings. The number of halogens is 2. The van der Waals surface area contributed by atoms with Crippen LogP contribution in [0.4, 0.5) is 19.4 Å². The molecule has 1 aromatic carbocycles. The molecule has 7 rings (SSSR count). The van der Waals surface area contributed by atoms with E-state index in [1.807, 2.05) is 6.07 Å². The first-order chi connectivity index (χ1) is 22.4. The Balaban J connectivity index is 1.15. The number of hydrogen-bond donors (Lipinski definition) is 1. The van der Waals surface area contributed by atoms with Crippen LogP contribution in [0.5, 0.6) is 0 Å². The van der Waals surface area contributed by atoms with Crippen LogP contribution in [0, 0.1) is 11.8 Å². The number of piperidine rings is 1. The average molecular weight is 629 g/mol. The molecule has 2 aliphatic heterocycles. The van der Waals surface area contributed by atoms with Crippen molar-refractivity contribution < 1.29 is 27.8 Å². The number of carbonyl (C=O) groups excluding carboxylic acids is 2. The fourth-order valence-electron chi connectivity index (χ4n) is 5.85. The van der Waals surface area contributed by atoms with Crippen molar-refractivity contribution in [2.75, 3.05) is 31.6 Å². The summed E-state index contributed by atoms with van der Waals surface area (Å²) in [5, 5.41) is 7.47. The van der Waals surface area contributed by atoms with Gasteiger partial charge in [0, 0.05) is 55.4 Å². The minimum absolute atomic E-state index is 0.0136. The SMILES string of the molecule is O=C(Nc1cn2nc(-c3c(-c4ccc(F)cc4)ncn3C3CCN(C(=O)OC4CCOCC4)CC3)ccc2n1)c1ccnc(F)c1. The summed E-state index contributed by atoms with van der Waals surface area (Å²) in [6.45, 7) is 2.24. The lowest BCUT2D eigenvalue weighted by molar-refractivity contribution is -0.0127. The van der Waals surface area contributed by atoms with Crippen molar-refractivity contribution in [2.45, 2.75) is 37.8 Å². The van der Waals surface area contributed by atoms with Crippen molar-refractivity contribution in [2.24, 2.45) is 0 Å². The average Bonchev–Trinajstić information content (AvgIpc) is 3.69. The van der Waals surface area contributed by atoms with Gasteiger partial charge in [0.2, 0.25) is 5.95 Å². The van der Waals surface area contributed by atoms with Crippen LogP contribution in [0.25, 0.3) is 28.3 Å². The van der Waals surface area contributed by atoms with Crippen LogP contribution in [0.1, 0.15) is 42.1 Å².